The second-order valence-electron chi connectivity index (χ2n) is 6.33. The summed E-state index contributed by atoms with van der Waals surface area (Å²) in [5, 5.41) is 6.94. The quantitative estimate of drug-likeness (QED) is 0.413. The molecular weight excluding hydrogens is 363 g/mol. The molecule has 0 aromatic rings. The number of guanidine groups is 1. The zero-order valence-electron chi connectivity index (χ0n) is 13.2. The van der Waals surface area contributed by atoms with Gasteiger partial charge in [0.1, 0.15) is 0 Å². The SMILES string of the molecule is CN=C(NCC1CC1)NCC(C(C)C)N1CCCC1.I. The third kappa shape index (κ3) is 5.76. The number of halogens is 1. The van der Waals surface area contributed by atoms with Crippen LogP contribution in [0.3, 0.4) is 0 Å². The van der Waals surface area contributed by atoms with Gasteiger partial charge in [-0.15, -0.1) is 24.0 Å². The Kier molecular flexibility index (Phi) is 8.17. The Hall–Kier alpha value is -0.0400. The van der Waals surface area contributed by atoms with E-state index >= 15 is 0 Å². The molecule has 5 heteroatoms. The van der Waals surface area contributed by atoms with E-state index in [-0.39, 0.29) is 24.0 Å². The number of likely N-dealkylation sites (tertiary alicyclic amines) is 1. The third-order valence-corrected chi connectivity index (χ3v) is 4.34. The number of nitrogens with zero attached hydrogens (tertiary/aromatic N) is 2. The van der Waals surface area contributed by atoms with Crippen molar-refractivity contribution >= 4 is 29.9 Å². The number of rotatable bonds is 6. The van der Waals surface area contributed by atoms with Gasteiger partial charge in [-0.3, -0.25) is 9.89 Å². The highest BCUT2D eigenvalue weighted by Crippen LogP contribution is 2.27. The molecule has 0 aromatic heterocycles. The molecule has 118 valence electrons. The maximum absolute atomic E-state index is 4.32. The Labute approximate surface area is 141 Å². The molecule has 0 spiro atoms. The van der Waals surface area contributed by atoms with Crippen molar-refractivity contribution in [2.75, 3.05) is 33.2 Å². The zero-order chi connectivity index (χ0) is 13.7. The molecule has 1 saturated heterocycles. The Morgan fingerprint density at radius 1 is 1.20 bits per heavy atom. The second-order valence-corrected chi connectivity index (χ2v) is 6.33. The zero-order valence-corrected chi connectivity index (χ0v) is 15.5. The average Bonchev–Trinajstić information content (AvgIpc) is 3.07. The van der Waals surface area contributed by atoms with Crippen LogP contribution in [-0.2, 0) is 0 Å². The topological polar surface area (TPSA) is 39.7 Å². The maximum atomic E-state index is 4.32. The van der Waals surface area contributed by atoms with Gasteiger partial charge < -0.3 is 10.6 Å². The minimum absolute atomic E-state index is 0. The van der Waals surface area contributed by atoms with Crippen molar-refractivity contribution in [1.29, 1.82) is 0 Å². The molecule has 1 aliphatic heterocycles. The van der Waals surface area contributed by atoms with Crippen LogP contribution in [-0.4, -0.2) is 50.1 Å². The Bertz CT molecular complexity index is 296. The van der Waals surface area contributed by atoms with Gasteiger partial charge in [-0.2, -0.15) is 0 Å². The fraction of sp³-hybridized carbons (Fsp3) is 0.933. The van der Waals surface area contributed by atoms with Crippen LogP contribution in [0.2, 0.25) is 0 Å². The smallest absolute Gasteiger partial charge is 0.191 e. The van der Waals surface area contributed by atoms with E-state index in [0.717, 1.165) is 25.0 Å². The van der Waals surface area contributed by atoms with Crippen LogP contribution >= 0.6 is 24.0 Å². The first-order valence-electron chi connectivity index (χ1n) is 7.89. The minimum atomic E-state index is 0. The fourth-order valence-electron chi connectivity index (χ4n) is 2.84. The van der Waals surface area contributed by atoms with Crippen LogP contribution in [0.4, 0.5) is 0 Å². The van der Waals surface area contributed by atoms with Crippen molar-refractivity contribution in [3.63, 3.8) is 0 Å². The molecule has 20 heavy (non-hydrogen) atoms. The molecule has 2 rings (SSSR count). The number of hydrogen-bond donors (Lipinski definition) is 2. The maximum Gasteiger partial charge on any atom is 0.191 e. The lowest BCUT2D eigenvalue weighted by atomic mass is 10.0. The highest BCUT2D eigenvalue weighted by Gasteiger charge is 2.25. The highest BCUT2D eigenvalue weighted by molar-refractivity contribution is 14.0. The van der Waals surface area contributed by atoms with Gasteiger partial charge in [0.15, 0.2) is 5.96 Å². The van der Waals surface area contributed by atoms with E-state index < -0.39 is 0 Å². The van der Waals surface area contributed by atoms with E-state index in [4.69, 9.17) is 0 Å². The van der Waals surface area contributed by atoms with Crippen LogP contribution in [0.5, 0.6) is 0 Å². The van der Waals surface area contributed by atoms with Crippen LogP contribution in [0, 0.1) is 11.8 Å². The number of nitrogens with one attached hydrogen (secondary N) is 2. The van der Waals surface area contributed by atoms with Crippen molar-refractivity contribution in [2.45, 2.75) is 45.6 Å². The van der Waals surface area contributed by atoms with Crippen LogP contribution in [0.25, 0.3) is 0 Å². The van der Waals surface area contributed by atoms with Crippen molar-refractivity contribution in [3.8, 4) is 0 Å². The minimum Gasteiger partial charge on any atom is -0.356 e. The molecule has 4 nitrogen and oxygen atoms in total. The number of hydrogen-bond acceptors (Lipinski definition) is 2. The van der Waals surface area contributed by atoms with E-state index in [1.165, 1.54) is 38.8 Å². The molecule has 2 N–H and O–H groups in total. The van der Waals surface area contributed by atoms with E-state index in [2.05, 4.69) is 34.4 Å². The molecule has 2 fully saturated rings. The van der Waals surface area contributed by atoms with Crippen molar-refractivity contribution < 1.29 is 0 Å². The molecular formula is C15H31IN4. The molecule has 1 aliphatic carbocycles. The first-order valence-corrected chi connectivity index (χ1v) is 7.89. The Morgan fingerprint density at radius 2 is 1.85 bits per heavy atom. The fourth-order valence-corrected chi connectivity index (χ4v) is 2.84. The largest absolute Gasteiger partial charge is 0.356 e. The van der Waals surface area contributed by atoms with Crippen molar-refractivity contribution in [1.82, 2.24) is 15.5 Å². The van der Waals surface area contributed by atoms with Crippen molar-refractivity contribution in [3.05, 3.63) is 0 Å². The monoisotopic (exact) mass is 394 g/mol. The van der Waals surface area contributed by atoms with E-state index in [1.54, 1.807) is 0 Å². The summed E-state index contributed by atoms with van der Waals surface area (Å²) in [5.41, 5.74) is 0. The third-order valence-electron chi connectivity index (χ3n) is 4.34. The summed E-state index contributed by atoms with van der Waals surface area (Å²) < 4.78 is 0. The normalized spacial score (nSPS) is 21.7. The molecule has 0 aromatic carbocycles. The molecule has 1 atom stereocenters. The molecule has 1 unspecified atom stereocenters. The summed E-state index contributed by atoms with van der Waals surface area (Å²) in [5.74, 6) is 2.54. The Morgan fingerprint density at radius 3 is 2.35 bits per heavy atom. The molecule has 1 heterocycles. The average molecular weight is 394 g/mol. The van der Waals surface area contributed by atoms with E-state index in [1.807, 2.05) is 7.05 Å². The lowest BCUT2D eigenvalue weighted by molar-refractivity contribution is 0.192. The van der Waals surface area contributed by atoms with Crippen LogP contribution < -0.4 is 10.6 Å². The molecule has 2 aliphatic rings. The van der Waals surface area contributed by atoms with Gasteiger partial charge in [-0.25, -0.2) is 0 Å². The highest BCUT2D eigenvalue weighted by atomic mass is 127. The lowest BCUT2D eigenvalue weighted by Gasteiger charge is -2.31. The summed E-state index contributed by atoms with van der Waals surface area (Å²) in [4.78, 5) is 6.95. The molecule has 0 bridgehead atoms. The van der Waals surface area contributed by atoms with E-state index in [9.17, 15) is 0 Å². The first-order chi connectivity index (χ1) is 9.20. The summed E-state index contributed by atoms with van der Waals surface area (Å²) in [6.45, 7) is 9.26. The molecule has 0 radical (unpaired) electrons. The Balaban J connectivity index is 0.00000200. The van der Waals surface area contributed by atoms with Crippen molar-refractivity contribution in [2.24, 2.45) is 16.8 Å². The summed E-state index contributed by atoms with van der Waals surface area (Å²) >= 11 is 0. The summed E-state index contributed by atoms with van der Waals surface area (Å²) in [6, 6.07) is 0.627. The van der Waals surface area contributed by atoms with Crippen LogP contribution in [0.1, 0.15) is 39.5 Å². The van der Waals surface area contributed by atoms with Gasteiger partial charge in [-0.1, -0.05) is 13.8 Å². The van der Waals surface area contributed by atoms with Gasteiger partial charge in [0.2, 0.25) is 0 Å². The molecule has 0 amide bonds. The summed E-state index contributed by atoms with van der Waals surface area (Å²) in [6.07, 6.45) is 5.48. The van der Waals surface area contributed by atoms with Gasteiger partial charge in [0.25, 0.3) is 0 Å². The van der Waals surface area contributed by atoms with Gasteiger partial charge in [0, 0.05) is 26.2 Å². The number of aliphatic imine (C=N–C) groups is 1. The predicted molar refractivity (Wildman–Crippen MR) is 96.9 cm³/mol. The second kappa shape index (κ2) is 9.07. The van der Waals surface area contributed by atoms with Gasteiger partial charge in [0.05, 0.1) is 0 Å². The lowest BCUT2D eigenvalue weighted by Crippen LogP contribution is -2.48. The molecule has 1 saturated carbocycles. The van der Waals surface area contributed by atoms with Gasteiger partial charge in [-0.05, 0) is 50.6 Å². The standard InChI is InChI=1S/C15H30N4.HI/c1-12(2)14(19-8-4-5-9-19)11-18-15(16-3)17-10-13-6-7-13;/h12-14H,4-11H2,1-3H3,(H2,16,17,18);1H. The van der Waals surface area contributed by atoms with Gasteiger partial charge >= 0.3 is 0 Å². The predicted octanol–water partition coefficient (Wildman–Crippen LogP) is 2.30. The van der Waals surface area contributed by atoms with E-state index in [0.29, 0.717) is 12.0 Å². The first kappa shape index (κ1) is 18.0. The summed E-state index contributed by atoms with van der Waals surface area (Å²) in [7, 11) is 1.86. The van der Waals surface area contributed by atoms with Crippen LogP contribution in [0.15, 0.2) is 4.99 Å².